The van der Waals surface area contributed by atoms with Crippen LogP contribution in [0.4, 0.5) is 5.69 Å². The average molecular weight is 294 g/mol. The Balaban J connectivity index is 2.84. The van der Waals surface area contributed by atoms with E-state index >= 15 is 0 Å². The zero-order chi connectivity index (χ0) is 15.7. The van der Waals surface area contributed by atoms with Crippen molar-refractivity contribution >= 4 is 5.69 Å². The summed E-state index contributed by atoms with van der Waals surface area (Å²) in [5, 5.41) is 12.6. The minimum absolute atomic E-state index is 0.150. The van der Waals surface area contributed by atoms with E-state index < -0.39 is 0 Å². The molecule has 0 bridgehead atoms. The lowest BCUT2D eigenvalue weighted by Crippen LogP contribution is -2.27. The summed E-state index contributed by atoms with van der Waals surface area (Å²) in [4.78, 5) is 2.14. The van der Waals surface area contributed by atoms with E-state index in [1.807, 2.05) is 6.92 Å². The van der Waals surface area contributed by atoms with E-state index in [2.05, 4.69) is 49.2 Å². The van der Waals surface area contributed by atoms with Crippen LogP contribution in [0, 0.1) is 5.92 Å². The van der Waals surface area contributed by atoms with Crippen LogP contribution in [0.1, 0.15) is 33.3 Å². The Morgan fingerprint density at radius 3 is 2.62 bits per heavy atom. The zero-order valence-electron chi connectivity index (χ0n) is 13.9. The molecule has 0 amide bonds. The molecule has 0 heterocycles. The Hall–Kier alpha value is -1.26. The van der Waals surface area contributed by atoms with Crippen molar-refractivity contribution in [1.82, 2.24) is 5.32 Å². The standard InChI is InChI=1S/C17H30N2O2/c1-5-19(9-10-20)16-8-7-15(11-17(16)21-6-2)13-18-12-14(3)4/h7-8,11,14,18,20H,5-6,9-10,12-13H2,1-4H3. The van der Waals surface area contributed by atoms with Crippen molar-refractivity contribution in [3.05, 3.63) is 23.8 Å². The maximum absolute atomic E-state index is 9.18. The highest BCUT2D eigenvalue weighted by molar-refractivity contribution is 5.59. The maximum Gasteiger partial charge on any atom is 0.142 e. The van der Waals surface area contributed by atoms with Crippen LogP contribution in [-0.4, -0.2) is 38.0 Å². The third-order valence-corrected chi connectivity index (χ3v) is 3.30. The van der Waals surface area contributed by atoms with E-state index in [-0.39, 0.29) is 6.61 Å². The summed E-state index contributed by atoms with van der Waals surface area (Å²) in [5.74, 6) is 1.55. The maximum atomic E-state index is 9.18. The molecule has 0 atom stereocenters. The molecule has 0 radical (unpaired) electrons. The van der Waals surface area contributed by atoms with Crippen LogP contribution in [-0.2, 0) is 6.54 Å². The van der Waals surface area contributed by atoms with Gasteiger partial charge in [-0.15, -0.1) is 0 Å². The van der Waals surface area contributed by atoms with Gasteiger partial charge in [0.25, 0.3) is 0 Å². The molecule has 1 rings (SSSR count). The number of hydrogen-bond donors (Lipinski definition) is 2. The zero-order valence-corrected chi connectivity index (χ0v) is 13.9. The summed E-state index contributed by atoms with van der Waals surface area (Å²) in [7, 11) is 0. The molecule has 0 spiro atoms. The van der Waals surface area contributed by atoms with Gasteiger partial charge in [0.15, 0.2) is 0 Å². The average Bonchev–Trinajstić information content (AvgIpc) is 2.45. The highest BCUT2D eigenvalue weighted by atomic mass is 16.5. The predicted octanol–water partition coefficient (Wildman–Crippen LogP) is 2.65. The van der Waals surface area contributed by atoms with Gasteiger partial charge in [-0.25, -0.2) is 0 Å². The molecule has 120 valence electrons. The summed E-state index contributed by atoms with van der Waals surface area (Å²) in [6, 6.07) is 6.33. The molecule has 4 heteroatoms. The van der Waals surface area contributed by atoms with Crippen LogP contribution >= 0.6 is 0 Å². The van der Waals surface area contributed by atoms with Gasteiger partial charge in [0.2, 0.25) is 0 Å². The van der Waals surface area contributed by atoms with Crippen molar-refractivity contribution in [3.63, 3.8) is 0 Å². The fourth-order valence-electron chi connectivity index (χ4n) is 2.28. The topological polar surface area (TPSA) is 44.7 Å². The van der Waals surface area contributed by atoms with E-state index in [9.17, 15) is 5.11 Å². The van der Waals surface area contributed by atoms with Gasteiger partial charge in [-0.1, -0.05) is 19.9 Å². The SMILES string of the molecule is CCOc1cc(CNCC(C)C)ccc1N(CC)CCO. The number of nitrogens with one attached hydrogen (secondary N) is 1. The van der Waals surface area contributed by atoms with Crippen molar-refractivity contribution in [1.29, 1.82) is 0 Å². The Morgan fingerprint density at radius 1 is 1.29 bits per heavy atom. The van der Waals surface area contributed by atoms with Gasteiger partial charge >= 0.3 is 0 Å². The number of hydrogen-bond acceptors (Lipinski definition) is 4. The first-order chi connectivity index (χ1) is 10.1. The first-order valence-electron chi connectivity index (χ1n) is 7.94. The summed E-state index contributed by atoms with van der Waals surface area (Å²) >= 11 is 0. The van der Waals surface area contributed by atoms with Gasteiger partial charge in [-0.3, -0.25) is 0 Å². The third-order valence-electron chi connectivity index (χ3n) is 3.30. The van der Waals surface area contributed by atoms with Gasteiger partial charge in [-0.2, -0.15) is 0 Å². The molecule has 0 aliphatic carbocycles. The second kappa shape index (κ2) is 9.64. The molecular weight excluding hydrogens is 264 g/mol. The molecule has 2 N–H and O–H groups in total. The first kappa shape index (κ1) is 17.8. The number of rotatable bonds is 10. The molecule has 0 fully saturated rings. The number of benzene rings is 1. The normalized spacial score (nSPS) is 11.0. The molecule has 0 saturated heterocycles. The summed E-state index contributed by atoms with van der Waals surface area (Å²) in [6.45, 7) is 12.6. The molecule has 0 aliphatic rings. The lowest BCUT2D eigenvalue weighted by atomic mass is 10.1. The van der Waals surface area contributed by atoms with Crippen molar-refractivity contribution in [2.45, 2.75) is 34.2 Å². The van der Waals surface area contributed by atoms with Crippen LogP contribution in [0.2, 0.25) is 0 Å². The molecular formula is C17H30N2O2. The molecule has 1 aromatic carbocycles. The molecule has 0 aliphatic heterocycles. The third kappa shape index (κ3) is 5.94. The largest absolute Gasteiger partial charge is 0.492 e. The highest BCUT2D eigenvalue weighted by Gasteiger charge is 2.11. The predicted molar refractivity (Wildman–Crippen MR) is 89.1 cm³/mol. The number of nitrogens with zero attached hydrogens (tertiary/aromatic N) is 1. The molecule has 1 aromatic rings. The minimum Gasteiger partial charge on any atom is -0.492 e. The molecule has 0 saturated carbocycles. The van der Waals surface area contributed by atoms with Crippen LogP contribution in [0.25, 0.3) is 0 Å². The highest BCUT2D eigenvalue weighted by Crippen LogP contribution is 2.29. The van der Waals surface area contributed by atoms with E-state index in [4.69, 9.17) is 4.74 Å². The van der Waals surface area contributed by atoms with E-state index in [1.165, 1.54) is 5.56 Å². The van der Waals surface area contributed by atoms with Crippen molar-refractivity contribution in [3.8, 4) is 5.75 Å². The number of ether oxygens (including phenoxy) is 1. The second-order valence-electron chi connectivity index (χ2n) is 5.56. The first-order valence-corrected chi connectivity index (χ1v) is 7.94. The number of aliphatic hydroxyl groups excluding tert-OH is 1. The van der Waals surface area contributed by atoms with E-state index in [0.29, 0.717) is 19.1 Å². The fraction of sp³-hybridized carbons (Fsp3) is 0.647. The molecule has 0 aromatic heterocycles. The monoisotopic (exact) mass is 294 g/mol. The van der Waals surface area contributed by atoms with Crippen LogP contribution in [0.15, 0.2) is 18.2 Å². The molecule has 21 heavy (non-hydrogen) atoms. The van der Waals surface area contributed by atoms with Crippen LogP contribution in [0.5, 0.6) is 5.75 Å². The van der Waals surface area contributed by atoms with Gasteiger partial charge in [0.1, 0.15) is 5.75 Å². The van der Waals surface area contributed by atoms with Gasteiger partial charge in [0.05, 0.1) is 18.9 Å². The van der Waals surface area contributed by atoms with Gasteiger partial charge < -0.3 is 20.1 Å². The lowest BCUT2D eigenvalue weighted by molar-refractivity contribution is 0.300. The van der Waals surface area contributed by atoms with E-state index in [0.717, 1.165) is 31.1 Å². The van der Waals surface area contributed by atoms with Gasteiger partial charge in [-0.05, 0) is 44.0 Å². The quantitative estimate of drug-likeness (QED) is 0.696. The lowest BCUT2D eigenvalue weighted by Gasteiger charge is -2.25. The van der Waals surface area contributed by atoms with Crippen molar-refractivity contribution in [2.24, 2.45) is 5.92 Å². The Labute approximate surface area is 129 Å². The summed E-state index contributed by atoms with van der Waals surface area (Å²) < 4.78 is 5.78. The minimum atomic E-state index is 0.150. The van der Waals surface area contributed by atoms with E-state index in [1.54, 1.807) is 0 Å². The molecule has 0 unspecified atom stereocenters. The molecule has 4 nitrogen and oxygen atoms in total. The smallest absolute Gasteiger partial charge is 0.142 e. The number of likely N-dealkylation sites (N-methyl/N-ethyl adjacent to an activating group) is 1. The summed E-state index contributed by atoms with van der Waals surface area (Å²) in [6.07, 6.45) is 0. The Morgan fingerprint density at radius 2 is 2.05 bits per heavy atom. The Bertz CT molecular complexity index is 408. The number of anilines is 1. The van der Waals surface area contributed by atoms with Crippen molar-refractivity contribution < 1.29 is 9.84 Å². The Kier molecular flexibility index (Phi) is 8.16. The van der Waals surface area contributed by atoms with Crippen LogP contribution in [0.3, 0.4) is 0 Å². The number of aliphatic hydroxyl groups is 1. The van der Waals surface area contributed by atoms with Gasteiger partial charge in [0, 0.05) is 19.6 Å². The summed E-state index contributed by atoms with van der Waals surface area (Å²) in [5.41, 5.74) is 2.28. The van der Waals surface area contributed by atoms with Crippen molar-refractivity contribution in [2.75, 3.05) is 37.7 Å². The second-order valence-corrected chi connectivity index (χ2v) is 5.56. The fourth-order valence-corrected chi connectivity index (χ4v) is 2.28. The van der Waals surface area contributed by atoms with Crippen LogP contribution < -0.4 is 15.0 Å².